The highest BCUT2D eigenvalue weighted by molar-refractivity contribution is 5.91. The summed E-state index contributed by atoms with van der Waals surface area (Å²) in [5, 5.41) is 6.08. The molecule has 0 aromatic heterocycles. The minimum absolute atomic E-state index is 0.137. The van der Waals surface area contributed by atoms with Crippen molar-refractivity contribution in [1.82, 2.24) is 15.5 Å². The van der Waals surface area contributed by atoms with E-state index in [0.29, 0.717) is 45.6 Å². The van der Waals surface area contributed by atoms with Crippen LogP contribution in [0.2, 0.25) is 0 Å². The standard InChI is InChI=1S/C19H33N3O4/c1-2-3-7-16(8-13-23)20-17(24)19(9-5-4-6-10-19)21-18(25)22-11-14-26-15-12-22/h13,16H,2-12,14-15H2,1H3,(H,20,24)(H,21,25)/t16-/m0/s1. The lowest BCUT2D eigenvalue weighted by atomic mass is 9.80. The van der Waals surface area contributed by atoms with Crippen molar-refractivity contribution in [3.63, 3.8) is 0 Å². The van der Waals surface area contributed by atoms with Crippen LogP contribution in [-0.2, 0) is 14.3 Å². The van der Waals surface area contributed by atoms with Gasteiger partial charge in [-0.3, -0.25) is 4.79 Å². The molecular formula is C19H33N3O4. The third kappa shape index (κ3) is 5.69. The first-order valence-corrected chi connectivity index (χ1v) is 10.0. The van der Waals surface area contributed by atoms with E-state index in [0.717, 1.165) is 44.8 Å². The number of nitrogens with zero attached hydrogens (tertiary/aromatic N) is 1. The van der Waals surface area contributed by atoms with Crippen LogP contribution in [0.1, 0.15) is 64.7 Å². The molecule has 3 amide bonds. The molecule has 0 aromatic rings. The molecule has 2 aliphatic rings. The van der Waals surface area contributed by atoms with E-state index in [1.54, 1.807) is 4.90 Å². The Morgan fingerprint density at radius 3 is 2.50 bits per heavy atom. The van der Waals surface area contributed by atoms with Crippen molar-refractivity contribution in [2.45, 2.75) is 76.3 Å². The molecule has 1 atom stereocenters. The van der Waals surface area contributed by atoms with E-state index in [4.69, 9.17) is 4.74 Å². The van der Waals surface area contributed by atoms with Gasteiger partial charge >= 0.3 is 6.03 Å². The summed E-state index contributed by atoms with van der Waals surface area (Å²) in [6, 6.07) is -0.343. The molecule has 0 aromatic carbocycles. The van der Waals surface area contributed by atoms with Crippen LogP contribution in [0, 0.1) is 0 Å². The molecule has 7 heteroatoms. The summed E-state index contributed by atoms with van der Waals surface area (Å²) in [7, 11) is 0. The fraction of sp³-hybridized carbons (Fsp3) is 0.842. The van der Waals surface area contributed by atoms with Gasteiger partial charge in [0.05, 0.1) is 13.2 Å². The van der Waals surface area contributed by atoms with Gasteiger partial charge in [0, 0.05) is 25.6 Å². The van der Waals surface area contributed by atoms with Gasteiger partial charge in [-0.2, -0.15) is 0 Å². The van der Waals surface area contributed by atoms with E-state index in [-0.39, 0.29) is 18.0 Å². The van der Waals surface area contributed by atoms with Crippen LogP contribution in [0.5, 0.6) is 0 Å². The second kappa shape index (κ2) is 10.5. The molecule has 2 rings (SSSR count). The third-order valence-electron chi connectivity index (χ3n) is 5.41. The Kier molecular flexibility index (Phi) is 8.35. The van der Waals surface area contributed by atoms with Gasteiger partial charge in [0.15, 0.2) is 0 Å². The van der Waals surface area contributed by atoms with Crippen LogP contribution in [0.3, 0.4) is 0 Å². The van der Waals surface area contributed by atoms with Crippen molar-refractivity contribution in [3.8, 4) is 0 Å². The highest BCUT2D eigenvalue weighted by Gasteiger charge is 2.42. The predicted octanol–water partition coefficient (Wildman–Crippen LogP) is 2.00. The number of morpholine rings is 1. The minimum atomic E-state index is -0.860. The average Bonchev–Trinajstić information content (AvgIpc) is 2.67. The number of nitrogens with one attached hydrogen (secondary N) is 2. The summed E-state index contributed by atoms with van der Waals surface area (Å²) in [4.78, 5) is 38.5. The fourth-order valence-corrected chi connectivity index (χ4v) is 3.75. The van der Waals surface area contributed by atoms with Gasteiger partial charge in [-0.15, -0.1) is 0 Å². The molecule has 1 saturated heterocycles. The number of carbonyl (C=O) groups excluding carboxylic acids is 3. The number of hydrogen-bond donors (Lipinski definition) is 2. The first-order chi connectivity index (χ1) is 12.6. The maximum absolute atomic E-state index is 13.1. The second-order valence-corrected chi connectivity index (χ2v) is 7.39. The van der Waals surface area contributed by atoms with Gasteiger partial charge in [0.1, 0.15) is 11.8 Å². The summed E-state index contributed by atoms with van der Waals surface area (Å²) < 4.78 is 5.30. The normalized spacial score (nSPS) is 20.9. The molecule has 1 aliphatic carbocycles. The van der Waals surface area contributed by atoms with Gasteiger partial charge < -0.3 is 25.1 Å². The van der Waals surface area contributed by atoms with Crippen molar-refractivity contribution in [1.29, 1.82) is 0 Å². The Morgan fingerprint density at radius 2 is 1.88 bits per heavy atom. The zero-order valence-corrected chi connectivity index (χ0v) is 15.9. The molecular weight excluding hydrogens is 334 g/mol. The average molecular weight is 367 g/mol. The van der Waals surface area contributed by atoms with Crippen LogP contribution in [0.15, 0.2) is 0 Å². The van der Waals surface area contributed by atoms with Gasteiger partial charge in [-0.1, -0.05) is 39.0 Å². The maximum atomic E-state index is 13.1. The van der Waals surface area contributed by atoms with E-state index >= 15 is 0 Å². The van der Waals surface area contributed by atoms with E-state index < -0.39 is 5.54 Å². The quantitative estimate of drug-likeness (QED) is 0.642. The summed E-state index contributed by atoms with van der Waals surface area (Å²) in [5.74, 6) is -0.137. The summed E-state index contributed by atoms with van der Waals surface area (Å²) in [6.45, 7) is 4.25. The number of amides is 3. The Morgan fingerprint density at radius 1 is 1.19 bits per heavy atom. The Balaban J connectivity index is 2.04. The highest BCUT2D eigenvalue weighted by Crippen LogP contribution is 2.29. The lowest BCUT2D eigenvalue weighted by Gasteiger charge is -2.39. The topological polar surface area (TPSA) is 87.7 Å². The van der Waals surface area contributed by atoms with Crippen LogP contribution < -0.4 is 10.6 Å². The highest BCUT2D eigenvalue weighted by atomic mass is 16.5. The Hall–Kier alpha value is -1.63. The van der Waals surface area contributed by atoms with E-state index in [2.05, 4.69) is 17.6 Å². The van der Waals surface area contributed by atoms with Crippen LogP contribution in [0.4, 0.5) is 4.79 Å². The van der Waals surface area contributed by atoms with Crippen molar-refractivity contribution >= 4 is 18.2 Å². The maximum Gasteiger partial charge on any atom is 0.318 e. The van der Waals surface area contributed by atoms with Crippen LogP contribution >= 0.6 is 0 Å². The molecule has 2 N–H and O–H groups in total. The van der Waals surface area contributed by atoms with Gasteiger partial charge in [-0.25, -0.2) is 4.79 Å². The largest absolute Gasteiger partial charge is 0.378 e. The molecule has 2 fully saturated rings. The lowest BCUT2D eigenvalue weighted by molar-refractivity contribution is -0.129. The molecule has 148 valence electrons. The van der Waals surface area contributed by atoms with E-state index in [1.807, 2.05) is 0 Å². The van der Waals surface area contributed by atoms with Crippen molar-refractivity contribution in [2.24, 2.45) is 0 Å². The number of unbranched alkanes of at least 4 members (excludes halogenated alkanes) is 1. The Bertz CT molecular complexity index is 471. The van der Waals surface area contributed by atoms with Crippen molar-refractivity contribution < 1.29 is 19.1 Å². The zero-order valence-electron chi connectivity index (χ0n) is 15.9. The number of rotatable bonds is 8. The number of carbonyl (C=O) groups is 3. The molecule has 0 unspecified atom stereocenters. The van der Waals surface area contributed by atoms with Gasteiger partial charge in [-0.05, 0) is 19.3 Å². The lowest BCUT2D eigenvalue weighted by Crippen LogP contribution is -2.63. The zero-order chi connectivity index (χ0) is 18.8. The van der Waals surface area contributed by atoms with Crippen LogP contribution in [-0.4, -0.2) is 61.0 Å². The molecule has 0 radical (unpaired) electrons. The number of aldehydes is 1. The first-order valence-electron chi connectivity index (χ1n) is 10.0. The van der Waals surface area contributed by atoms with E-state index in [1.165, 1.54) is 0 Å². The fourth-order valence-electron chi connectivity index (χ4n) is 3.75. The molecule has 1 aliphatic heterocycles. The summed E-state index contributed by atoms with van der Waals surface area (Å²) in [5.41, 5.74) is -0.860. The summed E-state index contributed by atoms with van der Waals surface area (Å²) >= 11 is 0. The monoisotopic (exact) mass is 367 g/mol. The third-order valence-corrected chi connectivity index (χ3v) is 5.41. The second-order valence-electron chi connectivity index (χ2n) is 7.39. The molecule has 1 heterocycles. The molecule has 1 saturated carbocycles. The SMILES string of the molecule is CCCC[C@@H](CC=O)NC(=O)C1(NC(=O)N2CCOCC2)CCCCC1. The molecule has 0 bridgehead atoms. The first kappa shape index (κ1) is 20.7. The van der Waals surface area contributed by atoms with Crippen molar-refractivity contribution in [3.05, 3.63) is 0 Å². The molecule has 7 nitrogen and oxygen atoms in total. The Labute approximate surface area is 156 Å². The van der Waals surface area contributed by atoms with Crippen LogP contribution in [0.25, 0.3) is 0 Å². The number of ether oxygens (including phenoxy) is 1. The number of hydrogen-bond acceptors (Lipinski definition) is 4. The smallest absolute Gasteiger partial charge is 0.318 e. The van der Waals surface area contributed by atoms with Gasteiger partial charge in [0.2, 0.25) is 5.91 Å². The van der Waals surface area contributed by atoms with Crippen molar-refractivity contribution in [2.75, 3.05) is 26.3 Å². The van der Waals surface area contributed by atoms with E-state index in [9.17, 15) is 14.4 Å². The molecule has 26 heavy (non-hydrogen) atoms. The van der Waals surface area contributed by atoms with Gasteiger partial charge in [0.25, 0.3) is 0 Å². The summed E-state index contributed by atoms with van der Waals surface area (Å²) in [6.07, 6.45) is 8.17. The predicted molar refractivity (Wildman–Crippen MR) is 98.9 cm³/mol. The molecule has 0 spiro atoms. The minimum Gasteiger partial charge on any atom is -0.378 e. The number of urea groups is 1.